The van der Waals surface area contributed by atoms with E-state index >= 15 is 0 Å². The highest BCUT2D eigenvalue weighted by atomic mass is 16.5. The predicted molar refractivity (Wildman–Crippen MR) is 92.8 cm³/mol. The maximum atomic E-state index is 5.43. The van der Waals surface area contributed by atoms with E-state index in [1.54, 1.807) is 0 Å². The quantitative estimate of drug-likeness (QED) is 0.926. The third kappa shape index (κ3) is 3.93. The van der Waals surface area contributed by atoms with Gasteiger partial charge in [0, 0.05) is 49.8 Å². The van der Waals surface area contributed by atoms with Gasteiger partial charge in [-0.2, -0.15) is 0 Å². The topological polar surface area (TPSA) is 27.7 Å². The van der Waals surface area contributed by atoms with Crippen LogP contribution in [-0.2, 0) is 4.74 Å². The van der Waals surface area contributed by atoms with Gasteiger partial charge in [0.15, 0.2) is 0 Å². The van der Waals surface area contributed by atoms with Gasteiger partial charge in [-0.05, 0) is 58.0 Å². The Morgan fingerprint density at radius 2 is 1.82 bits per heavy atom. The van der Waals surface area contributed by atoms with Gasteiger partial charge in [0.2, 0.25) is 0 Å². The Morgan fingerprint density at radius 1 is 1.09 bits per heavy atom. The molecule has 2 heterocycles. The lowest BCUT2D eigenvalue weighted by atomic mass is 10.0. The fraction of sp³-hybridized carbons (Fsp3) is 0.667. The van der Waals surface area contributed by atoms with Crippen LogP contribution in [0.4, 0.5) is 11.4 Å². The summed E-state index contributed by atoms with van der Waals surface area (Å²) in [4.78, 5) is 4.88. The summed E-state index contributed by atoms with van der Waals surface area (Å²) in [7, 11) is 4.39. The maximum Gasteiger partial charge on any atom is 0.0485 e. The first-order chi connectivity index (χ1) is 10.7. The Balaban J connectivity index is 1.59. The Labute approximate surface area is 134 Å². The zero-order chi connectivity index (χ0) is 15.4. The molecule has 0 aromatic heterocycles. The van der Waals surface area contributed by atoms with Crippen LogP contribution in [0.15, 0.2) is 24.3 Å². The smallest absolute Gasteiger partial charge is 0.0485 e. The molecular formula is C18H29N3O. The third-order valence-corrected chi connectivity index (χ3v) is 5.00. The van der Waals surface area contributed by atoms with Gasteiger partial charge in [-0.1, -0.05) is 6.07 Å². The van der Waals surface area contributed by atoms with Gasteiger partial charge >= 0.3 is 0 Å². The molecule has 2 fully saturated rings. The van der Waals surface area contributed by atoms with E-state index in [1.807, 2.05) is 0 Å². The van der Waals surface area contributed by atoms with E-state index in [2.05, 4.69) is 53.5 Å². The Kier molecular flexibility index (Phi) is 5.21. The average molecular weight is 303 g/mol. The molecule has 2 saturated heterocycles. The third-order valence-electron chi connectivity index (χ3n) is 5.00. The standard InChI is InChI=1S/C18H29N3O/c1-20(2)17-6-10-21(11-7-17)18-5-3-4-16(14-18)19-15-8-12-22-13-9-15/h3-5,14-15,17,19H,6-13H2,1-2H3. The molecule has 0 atom stereocenters. The molecule has 22 heavy (non-hydrogen) atoms. The minimum atomic E-state index is 0.559. The van der Waals surface area contributed by atoms with Gasteiger partial charge in [-0.3, -0.25) is 0 Å². The molecule has 0 amide bonds. The van der Waals surface area contributed by atoms with Crippen molar-refractivity contribution in [2.24, 2.45) is 0 Å². The van der Waals surface area contributed by atoms with Crippen LogP contribution in [-0.4, -0.2) is 57.4 Å². The number of benzene rings is 1. The highest BCUT2D eigenvalue weighted by Crippen LogP contribution is 2.25. The maximum absolute atomic E-state index is 5.43. The molecule has 3 rings (SSSR count). The number of nitrogens with one attached hydrogen (secondary N) is 1. The van der Waals surface area contributed by atoms with E-state index in [0.717, 1.165) is 45.2 Å². The van der Waals surface area contributed by atoms with E-state index in [9.17, 15) is 0 Å². The summed E-state index contributed by atoms with van der Waals surface area (Å²) in [6.07, 6.45) is 4.73. The number of nitrogens with zero attached hydrogens (tertiary/aromatic N) is 2. The second-order valence-electron chi connectivity index (χ2n) is 6.76. The van der Waals surface area contributed by atoms with Crippen molar-refractivity contribution in [1.29, 1.82) is 0 Å². The van der Waals surface area contributed by atoms with Crippen molar-refractivity contribution in [2.75, 3.05) is 50.6 Å². The second-order valence-corrected chi connectivity index (χ2v) is 6.76. The van der Waals surface area contributed by atoms with E-state index in [1.165, 1.54) is 24.2 Å². The Hall–Kier alpha value is -1.26. The summed E-state index contributed by atoms with van der Waals surface area (Å²) in [5.74, 6) is 0. The number of hydrogen-bond acceptors (Lipinski definition) is 4. The molecule has 1 aromatic carbocycles. The Bertz CT molecular complexity index is 463. The number of anilines is 2. The van der Waals surface area contributed by atoms with E-state index < -0.39 is 0 Å². The van der Waals surface area contributed by atoms with Crippen molar-refractivity contribution in [3.8, 4) is 0 Å². The number of hydrogen-bond donors (Lipinski definition) is 1. The van der Waals surface area contributed by atoms with Crippen LogP contribution < -0.4 is 10.2 Å². The van der Waals surface area contributed by atoms with Gasteiger partial charge < -0.3 is 19.9 Å². The van der Waals surface area contributed by atoms with Crippen LogP contribution in [0.5, 0.6) is 0 Å². The van der Waals surface area contributed by atoms with Gasteiger partial charge in [0.25, 0.3) is 0 Å². The first kappa shape index (κ1) is 15.6. The summed E-state index contributed by atoms with van der Waals surface area (Å²) in [6, 6.07) is 10.2. The fourth-order valence-corrected chi connectivity index (χ4v) is 3.51. The molecule has 1 N–H and O–H groups in total. The average Bonchev–Trinajstić information content (AvgIpc) is 2.56. The molecule has 0 saturated carbocycles. The van der Waals surface area contributed by atoms with Crippen molar-refractivity contribution in [3.05, 3.63) is 24.3 Å². The lowest BCUT2D eigenvalue weighted by Gasteiger charge is -2.36. The van der Waals surface area contributed by atoms with Crippen molar-refractivity contribution in [2.45, 2.75) is 37.8 Å². The van der Waals surface area contributed by atoms with Gasteiger partial charge in [0.05, 0.1) is 0 Å². The molecule has 0 aliphatic carbocycles. The summed E-state index contributed by atoms with van der Waals surface area (Å²) in [6.45, 7) is 4.08. The summed E-state index contributed by atoms with van der Waals surface area (Å²) in [5.41, 5.74) is 2.60. The highest BCUT2D eigenvalue weighted by molar-refractivity contribution is 5.58. The monoisotopic (exact) mass is 303 g/mol. The van der Waals surface area contributed by atoms with Gasteiger partial charge in [-0.15, -0.1) is 0 Å². The lowest BCUT2D eigenvalue weighted by Crippen LogP contribution is -2.42. The summed E-state index contributed by atoms with van der Waals surface area (Å²) < 4.78 is 5.43. The van der Waals surface area contributed by atoms with Crippen LogP contribution in [0.1, 0.15) is 25.7 Å². The van der Waals surface area contributed by atoms with Gasteiger partial charge in [0.1, 0.15) is 0 Å². The van der Waals surface area contributed by atoms with Crippen LogP contribution in [0.3, 0.4) is 0 Å². The minimum absolute atomic E-state index is 0.559. The molecule has 4 nitrogen and oxygen atoms in total. The van der Waals surface area contributed by atoms with Crippen molar-refractivity contribution in [3.63, 3.8) is 0 Å². The number of ether oxygens (including phenoxy) is 1. The number of rotatable bonds is 4. The van der Waals surface area contributed by atoms with E-state index in [0.29, 0.717) is 6.04 Å². The molecule has 1 aromatic rings. The SMILES string of the molecule is CN(C)C1CCN(c2cccc(NC3CCOCC3)c2)CC1. The molecule has 0 spiro atoms. The van der Waals surface area contributed by atoms with Crippen LogP contribution in [0.25, 0.3) is 0 Å². The molecule has 4 heteroatoms. The second kappa shape index (κ2) is 7.34. The fourth-order valence-electron chi connectivity index (χ4n) is 3.51. The zero-order valence-corrected chi connectivity index (χ0v) is 13.9. The normalized spacial score (nSPS) is 21.3. The molecule has 0 unspecified atom stereocenters. The molecule has 122 valence electrons. The number of piperidine rings is 1. The van der Waals surface area contributed by atoms with Crippen LogP contribution >= 0.6 is 0 Å². The molecule has 2 aliphatic rings. The van der Waals surface area contributed by atoms with Crippen molar-refractivity contribution in [1.82, 2.24) is 4.90 Å². The van der Waals surface area contributed by atoms with Gasteiger partial charge in [-0.25, -0.2) is 0 Å². The molecule has 0 bridgehead atoms. The Morgan fingerprint density at radius 3 is 2.50 bits per heavy atom. The molecular weight excluding hydrogens is 274 g/mol. The van der Waals surface area contributed by atoms with Crippen LogP contribution in [0.2, 0.25) is 0 Å². The minimum Gasteiger partial charge on any atom is -0.382 e. The first-order valence-electron chi connectivity index (χ1n) is 8.58. The predicted octanol–water partition coefficient (Wildman–Crippen LogP) is 2.81. The largest absolute Gasteiger partial charge is 0.382 e. The molecule has 0 radical (unpaired) electrons. The van der Waals surface area contributed by atoms with E-state index in [-0.39, 0.29) is 0 Å². The van der Waals surface area contributed by atoms with E-state index in [4.69, 9.17) is 4.74 Å². The highest BCUT2D eigenvalue weighted by Gasteiger charge is 2.21. The molecule has 2 aliphatic heterocycles. The van der Waals surface area contributed by atoms with Crippen molar-refractivity contribution < 1.29 is 4.74 Å². The van der Waals surface area contributed by atoms with Crippen molar-refractivity contribution >= 4 is 11.4 Å². The summed E-state index contributed by atoms with van der Waals surface area (Å²) >= 11 is 0. The summed E-state index contributed by atoms with van der Waals surface area (Å²) in [5, 5.41) is 3.67. The van der Waals surface area contributed by atoms with Crippen LogP contribution in [0, 0.1) is 0 Å². The first-order valence-corrected chi connectivity index (χ1v) is 8.58. The zero-order valence-electron chi connectivity index (χ0n) is 13.9. The lowest BCUT2D eigenvalue weighted by molar-refractivity contribution is 0.0904.